The molecule has 16 heavy (non-hydrogen) atoms. The monoisotopic (exact) mass is 221 g/mol. The third-order valence-electron chi connectivity index (χ3n) is 3.07. The summed E-state index contributed by atoms with van der Waals surface area (Å²) in [5.74, 6) is -0.0475. The Bertz CT molecular complexity index is 474. The van der Waals surface area contributed by atoms with Gasteiger partial charge in [-0.05, 0) is 18.9 Å². The number of amides is 1. The molecule has 1 heterocycles. The van der Waals surface area contributed by atoms with E-state index in [0.29, 0.717) is 12.2 Å². The number of aromatic nitrogens is 1. The number of rotatable bonds is 3. The van der Waals surface area contributed by atoms with Gasteiger partial charge in [0.05, 0.1) is 11.1 Å². The van der Waals surface area contributed by atoms with Crippen molar-refractivity contribution in [3.63, 3.8) is 0 Å². The predicted octanol–water partition coefficient (Wildman–Crippen LogP) is 0.0627. The minimum absolute atomic E-state index is 0.0475. The van der Waals surface area contributed by atoms with Crippen LogP contribution in [0.1, 0.15) is 12.8 Å². The van der Waals surface area contributed by atoms with Gasteiger partial charge in [-0.15, -0.1) is 0 Å². The molecule has 1 aromatic rings. The Balaban J connectivity index is 2.12. The zero-order valence-corrected chi connectivity index (χ0v) is 9.19. The predicted molar refractivity (Wildman–Crippen MR) is 61.0 cm³/mol. The quantitative estimate of drug-likeness (QED) is 0.757. The first-order chi connectivity index (χ1) is 7.57. The Morgan fingerprint density at radius 3 is 2.75 bits per heavy atom. The normalized spacial score (nSPS) is 16.9. The molecule has 0 saturated heterocycles. The van der Waals surface area contributed by atoms with Crippen LogP contribution in [0, 0.1) is 5.41 Å². The summed E-state index contributed by atoms with van der Waals surface area (Å²) < 4.78 is 1.43. The van der Waals surface area contributed by atoms with Gasteiger partial charge in [0.15, 0.2) is 0 Å². The average molecular weight is 221 g/mol. The highest BCUT2D eigenvalue weighted by Crippen LogP contribution is 2.45. The van der Waals surface area contributed by atoms with E-state index in [1.807, 2.05) is 0 Å². The molecule has 86 valence electrons. The molecule has 1 amide bonds. The molecule has 0 radical (unpaired) electrons. The Labute approximate surface area is 93.3 Å². The number of hydrogen-bond acceptors (Lipinski definition) is 3. The maximum absolute atomic E-state index is 11.8. The molecule has 0 spiro atoms. The highest BCUT2D eigenvalue weighted by molar-refractivity contribution is 5.97. The van der Waals surface area contributed by atoms with Gasteiger partial charge < -0.3 is 15.6 Å². The molecule has 0 atom stereocenters. The van der Waals surface area contributed by atoms with Crippen molar-refractivity contribution < 1.29 is 4.79 Å². The summed E-state index contributed by atoms with van der Waals surface area (Å²) in [6.45, 7) is 0.380. The first-order valence-electron chi connectivity index (χ1n) is 5.26. The van der Waals surface area contributed by atoms with Crippen molar-refractivity contribution in [2.45, 2.75) is 12.8 Å². The summed E-state index contributed by atoms with van der Waals surface area (Å²) in [4.78, 5) is 23.0. The zero-order valence-electron chi connectivity index (χ0n) is 9.19. The van der Waals surface area contributed by atoms with E-state index in [1.165, 1.54) is 10.6 Å². The summed E-state index contributed by atoms with van der Waals surface area (Å²) in [5, 5.41) is 2.78. The molecular formula is C11H15N3O2. The number of nitrogens with one attached hydrogen (secondary N) is 1. The van der Waals surface area contributed by atoms with Gasteiger partial charge in [-0.2, -0.15) is 0 Å². The number of nitrogens with zero attached hydrogens (tertiary/aromatic N) is 1. The smallest absolute Gasteiger partial charge is 0.250 e. The molecule has 0 bridgehead atoms. The summed E-state index contributed by atoms with van der Waals surface area (Å²) >= 11 is 0. The summed E-state index contributed by atoms with van der Waals surface area (Å²) in [6, 6.07) is 3.03. The van der Waals surface area contributed by atoms with Crippen molar-refractivity contribution in [3.05, 3.63) is 28.7 Å². The van der Waals surface area contributed by atoms with Crippen LogP contribution in [0.3, 0.4) is 0 Å². The number of pyridine rings is 1. The fourth-order valence-electron chi connectivity index (χ4n) is 1.61. The van der Waals surface area contributed by atoms with Crippen LogP contribution in [-0.2, 0) is 11.8 Å². The van der Waals surface area contributed by atoms with E-state index in [2.05, 4.69) is 5.32 Å². The third kappa shape index (κ3) is 1.86. The fourth-order valence-corrected chi connectivity index (χ4v) is 1.61. The lowest BCUT2D eigenvalue weighted by atomic mass is 10.1. The van der Waals surface area contributed by atoms with Gasteiger partial charge in [-0.3, -0.25) is 9.59 Å². The Kier molecular flexibility index (Phi) is 2.55. The van der Waals surface area contributed by atoms with Gasteiger partial charge in [-0.25, -0.2) is 0 Å². The lowest BCUT2D eigenvalue weighted by molar-refractivity contribution is -0.120. The van der Waals surface area contributed by atoms with Crippen LogP contribution in [0.4, 0.5) is 5.69 Å². The second-order valence-electron chi connectivity index (χ2n) is 4.31. The van der Waals surface area contributed by atoms with Crippen molar-refractivity contribution in [1.29, 1.82) is 0 Å². The van der Waals surface area contributed by atoms with Crippen LogP contribution in [0.15, 0.2) is 23.1 Å². The van der Waals surface area contributed by atoms with Gasteiger partial charge in [0, 0.05) is 25.9 Å². The second kappa shape index (κ2) is 3.75. The van der Waals surface area contributed by atoms with Crippen LogP contribution in [0.5, 0.6) is 0 Å². The van der Waals surface area contributed by atoms with Gasteiger partial charge in [0.25, 0.3) is 0 Å². The maximum Gasteiger partial charge on any atom is 0.250 e. The van der Waals surface area contributed by atoms with E-state index in [4.69, 9.17) is 5.73 Å². The molecule has 2 rings (SSSR count). The minimum atomic E-state index is -0.366. The van der Waals surface area contributed by atoms with Crippen LogP contribution in [-0.4, -0.2) is 17.0 Å². The molecule has 0 unspecified atom stereocenters. The van der Waals surface area contributed by atoms with Crippen LogP contribution in [0.25, 0.3) is 0 Å². The third-order valence-corrected chi connectivity index (χ3v) is 3.07. The van der Waals surface area contributed by atoms with E-state index in [9.17, 15) is 9.59 Å². The summed E-state index contributed by atoms with van der Waals surface area (Å²) in [6.07, 6.45) is 3.30. The Hall–Kier alpha value is -1.62. The molecule has 1 fully saturated rings. The van der Waals surface area contributed by atoms with E-state index in [-0.39, 0.29) is 16.9 Å². The van der Waals surface area contributed by atoms with Gasteiger partial charge in [0.2, 0.25) is 11.5 Å². The molecule has 1 saturated carbocycles. The van der Waals surface area contributed by atoms with E-state index in [1.54, 1.807) is 19.3 Å². The van der Waals surface area contributed by atoms with E-state index >= 15 is 0 Å². The SMILES string of the molecule is Cn1cc(NC(=O)C2(CN)CC2)ccc1=O. The van der Waals surface area contributed by atoms with Crippen molar-refractivity contribution in [2.24, 2.45) is 18.2 Å². The van der Waals surface area contributed by atoms with Crippen molar-refractivity contribution in [2.75, 3.05) is 11.9 Å². The molecule has 1 aromatic heterocycles. The van der Waals surface area contributed by atoms with Crippen molar-refractivity contribution in [1.82, 2.24) is 4.57 Å². The standard InChI is InChI=1S/C11H15N3O2/c1-14-6-8(2-3-9(14)15)13-10(16)11(7-12)4-5-11/h2-3,6H,4-5,7,12H2,1H3,(H,13,16). The molecule has 1 aliphatic carbocycles. The molecular weight excluding hydrogens is 206 g/mol. The molecule has 5 heteroatoms. The highest BCUT2D eigenvalue weighted by atomic mass is 16.2. The number of hydrogen-bond donors (Lipinski definition) is 2. The summed E-state index contributed by atoms with van der Waals surface area (Å²) in [7, 11) is 1.65. The van der Waals surface area contributed by atoms with E-state index in [0.717, 1.165) is 12.8 Å². The largest absolute Gasteiger partial charge is 0.329 e. The molecule has 5 nitrogen and oxygen atoms in total. The summed E-state index contributed by atoms with van der Waals surface area (Å²) in [5.41, 5.74) is 5.73. The first kappa shape index (κ1) is 10.9. The Morgan fingerprint density at radius 2 is 2.25 bits per heavy atom. The maximum atomic E-state index is 11.8. The van der Waals surface area contributed by atoms with Crippen molar-refractivity contribution in [3.8, 4) is 0 Å². The lowest BCUT2D eigenvalue weighted by Crippen LogP contribution is -2.31. The Morgan fingerprint density at radius 1 is 1.56 bits per heavy atom. The number of anilines is 1. The number of aryl methyl sites for hydroxylation is 1. The van der Waals surface area contributed by atoms with Gasteiger partial charge in [-0.1, -0.05) is 0 Å². The minimum Gasteiger partial charge on any atom is -0.329 e. The first-order valence-corrected chi connectivity index (χ1v) is 5.26. The molecule has 0 aromatic carbocycles. The number of nitrogens with two attached hydrogens (primary N) is 1. The van der Waals surface area contributed by atoms with Crippen LogP contribution in [0.2, 0.25) is 0 Å². The molecule has 0 aliphatic heterocycles. The highest BCUT2D eigenvalue weighted by Gasteiger charge is 2.48. The topological polar surface area (TPSA) is 77.1 Å². The molecule has 3 N–H and O–H groups in total. The number of carbonyl (C=O) groups is 1. The molecule has 1 aliphatic rings. The van der Waals surface area contributed by atoms with Gasteiger partial charge in [0.1, 0.15) is 0 Å². The van der Waals surface area contributed by atoms with Gasteiger partial charge >= 0.3 is 0 Å². The van der Waals surface area contributed by atoms with Crippen LogP contribution >= 0.6 is 0 Å². The van der Waals surface area contributed by atoms with Crippen molar-refractivity contribution >= 4 is 11.6 Å². The number of carbonyl (C=O) groups excluding carboxylic acids is 1. The van der Waals surface area contributed by atoms with Crippen LogP contribution < -0.4 is 16.6 Å². The second-order valence-corrected chi connectivity index (χ2v) is 4.31. The zero-order chi connectivity index (χ0) is 11.8. The average Bonchev–Trinajstić information content (AvgIpc) is 3.04. The fraction of sp³-hybridized carbons (Fsp3) is 0.455. The van der Waals surface area contributed by atoms with E-state index < -0.39 is 0 Å². The lowest BCUT2D eigenvalue weighted by Gasteiger charge is -2.13.